The molecule has 1 saturated heterocycles. The molecular formula is C33H36Cl2FN3O2. The van der Waals surface area contributed by atoms with E-state index in [1.807, 2.05) is 56.4 Å². The first-order valence-corrected chi connectivity index (χ1v) is 14.9. The van der Waals surface area contributed by atoms with E-state index in [4.69, 9.17) is 23.2 Å². The molecule has 0 bridgehead atoms. The van der Waals surface area contributed by atoms with Crippen LogP contribution in [0.1, 0.15) is 59.2 Å². The Balaban J connectivity index is 1.28. The number of aryl methyl sites for hydroxylation is 1. The van der Waals surface area contributed by atoms with Crippen molar-refractivity contribution >= 4 is 40.7 Å². The van der Waals surface area contributed by atoms with Gasteiger partial charge in [0.1, 0.15) is 5.82 Å². The Hall–Kier alpha value is -2.93. The van der Waals surface area contributed by atoms with Crippen molar-refractivity contribution in [1.82, 2.24) is 9.80 Å². The minimum Gasteiger partial charge on any atom is -0.341 e. The number of halogens is 3. The van der Waals surface area contributed by atoms with Crippen molar-refractivity contribution in [3.8, 4) is 0 Å². The molecule has 5 rings (SSSR count). The zero-order chi connectivity index (χ0) is 29.3. The van der Waals surface area contributed by atoms with Crippen LogP contribution in [-0.2, 0) is 10.2 Å². The monoisotopic (exact) mass is 595 g/mol. The average Bonchev–Trinajstić information content (AvgIpc) is 3.26. The van der Waals surface area contributed by atoms with Crippen LogP contribution in [0.2, 0.25) is 10.0 Å². The first-order chi connectivity index (χ1) is 19.6. The van der Waals surface area contributed by atoms with Crippen LogP contribution in [0.4, 0.5) is 10.1 Å². The van der Waals surface area contributed by atoms with Crippen molar-refractivity contribution in [1.29, 1.82) is 0 Å². The number of amides is 2. The van der Waals surface area contributed by atoms with Crippen molar-refractivity contribution in [2.75, 3.05) is 44.7 Å². The molecule has 5 nitrogen and oxygen atoms in total. The van der Waals surface area contributed by atoms with E-state index >= 15 is 0 Å². The Kier molecular flexibility index (Phi) is 8.74. The zero-order valence-electron chi connectivity index (χ0n) is 23.8. The Labute approximate surface area is 251 Å². The Morgan fingerprint density at radius 2 is 1.78 bits per heavy atom. The molecule has 0 aliphatic carbocycles. The molecular weight excluding hydrogens is 560 g/mol. The van der Waals surface area contributed by atoms with Crippen molar-refractivity contribution in [3.05, 3.63) is 98.8 Å². The molecule has 0 radical (unpaired) electrons. The lowest BCUT2D eigenvalue weighted by molar-refractivity contribution is -0.116. The fraction of sp³-hybridized carbons (Fsp3) is 0.394. The van der Waals surface area contributed by atoms with E-state index in [1.165, 1.54) is 6.07 Å². The zero-order valence-corrected chi connectivity index (χ0v) is 25.3. The average molecular weight is 597 g/mol. The van der Waals surface area contributed by atoms with E-state index in [1.54, 1.807) is 28.9 Å². The SMILES string of the molecule is CC(=O)N1CC2(CCN(CC[C@H](CN(C)C(=O)c3cccc(C)c3)c3ccc(Cl)c(Cl)c3)CC2)c2cc(F)ccc21. The minimum absolute atomic E-state index is 0.00837. The van der Waals surface area contributed by atoms with Crippen molar-refractivity contribution in [3.63, 3.8) is 0 Å². The summed E-state index contributed by atoms with van der Waals surface area (Å²) in [7, 11) is 1.84. The minimum atomic E-state index is -0.259. The number of carbonyl (C=O) groups excluding carboxylic acids is 2. The molecule has 0 aromatic heterocycles. The number of anilines is 1. The second kappa shape index (κ2) is 12.1. The molecule has 1 fully saturated rings. The molecule has 0 saturated carbocycles. The van der Waals surface area contributed by atoms with Crippen LogP contribution in [0.5, 0.6) is 0 Å². The molecule has 2 aliphatic rings. The maximum atomic E-state index is 14.3. The normalized spacial score (nSPS) is 17.0. The number of nitrogens with zero attached hydrogens (tertiary/aromatic N) is 3. The molecule has 2 aliphatic heterocycles. The van der Waals surface area contributed by atoms with Gasteiger partial charge >= 0.3 is 0 Å². The van der Waals surface area contributed by atoms with Gasteiger partial charge in [0.15, 0.2) is 0 Å². The van der Waals surface area contributed by atoms with Gasteiger partial charge in [0, 0.05) is 49.6 Å². The number of likely N-dealkylation sites (tertiary alicyclic amines) is 1. The second-order valence-electron chi connectivity index (χ2n) is 11.6. The molecule has 3 aromatic carbocycles. The van der Waals surface area contributed by atoms with Gasteiger partial charge in [0.25, 0.3) is 5.91 Å². The highest BCUT2D eigenvalue weighted by Crippen LogP contribution is 2.47. The maximum absolute atomic E-state index is 14.3. The number of piperidine rings is 1. The topological polar surface area (TPSA) is 43.9 Å². The molecule has 216 valence electrons. The molecule has 0 unspecified atom stereocenters. The number of benzene rings is 3. The smallest absolute Gasteiger partial charge is 0.253 e. The first kappa shape index (κ1) is 29.6. The van der Waals surface area contributed by atoms with E-state index in [0.717, 1.165) is 61.3 Å². The Bertz CT molecular complexity index is 1450. The third-order valence-corrected chi connectivity index (χ3v) is 9.53. The Morgan fingerprint density at radius 3 is 2.46 bits per heavy atom. The van der Waals surface area contributed by atoms with Crippen LogP contribution in [-0.4, -0.2) is 61.4 Å². The summed E-state index contributed by atoms with van der Waals surface area (Å²) in [6, 6.07) is 18.2. The highest BCUT2D eigenvalue weighted by molar-refractivity contribution is 6.42. The first-order valence-electron chi connectivity index (χ1n) is 14.1. The lowest BCUT2D eigenvalue weighted by Crippen LogP contribution is -2.46. The summed E-state index contributed by atoms with van der Waals surface area (Å²) < 4.78 is 14.3. The number of hydrogen-bond acceptors (Lipinski definition) is 3. The van der Waals surface area contributed by atoms with E-state index < -0.39 is 0 Å². The predicted octanol–water partition coefficient (Wildman–Crippen LogP) is 7.09. The van der Waals surface area contributed by atoms with Crippen molar-refractivity contribution in [2.45, 2.75) is 44.4 Å². The Morgan fingerprint density at radius 1 is 1.02 bits per heavy atom. The third-order valence-electron chi connectivity index (χ3n) is 8.79. The highest BCUT2D eigenvalue weighted by Gasteiger charge is 2.45. The van der Waals surface area contributed by atoms with Crippen LogP contribution < -0.4 is 4.90 Å². The van der Waals surface area contributed by atoms with Crippen LogP contribution in [0.15, 0.2) is 60.7 Å². The van der Waals surface area contributed by atoms with Gasteiger partial charge in [-0.2, -0.15) is 0 Å². The lowest BCUT2D eigenvalue weighted by atomic mass is 9.74. The molecule has 1 atom stereocenters. The van der Waals surface area contributed by atoms with Gasteiger partial charge in [-0.25, -0.2) is 4.39 Å². The summed E-state index contributed by atoms with van der Waals surface area (Å²) in [6.45, 7) is 7.26. The molecule has 1 spiro atoms. The van der Waals surface area contributed by atoms with Crippen LogP contribution in [0.3, 0.4) is 0 Å². The standard InChI is InChI=1S/C33H36Cl2FN3O2/c1-22-5-4-6-25(17-22)32(41)37(3)20-26(24-7-9-29(34)30(35)18-24)11-14-38-15-12-33(13-16-38)21-39(23(2)40)31-10-8-27(36)19-28(31)33/h4-10,17-19,26H,11-16,20-21H2,1-3H3/t26-/m1/s1. The highest BCUT2D eigenvalue weighted by atomic mass is 35.5. The number of hydrogen-bond donors (Lipinski definition) is 0. The third kappa shape index (κ3) is 6.30. The predicted molar refractivity (Wildman–Crippen MR) is 164 cm³/mol. The summed E-state index contributed by atoms with van der Waals surface area (Å²) in [5.41, 5.74) is 4.35. The summed E-state index contributed by atoms with van der Waals surface area (Å²) >= 11 is 12.6. The number of likely N-dealkylation sites (N-methyl/N-ethyl adjacent to an activating group) is 1. The van der Waals surface area contributed by atoms with E-state index in [9.17, 15) is 14.0 Å². The fourth-order valence-corrected chi connectivity index (χ4v) is 6.74. The molecule has 2 amide bonds. The quantitative estimate of drug-likeness (QED) is 0.293. The van der Waals surface area contributed by atoms with Crippen LogP contribution >= 0.6 is 23.2 Å². The number of rotatable bonds is 7. The molecule has 2 heterocycles. The molecule has 3 aromatic rings. The van der Waals surface area contributed by atoms with E-state index in [0.29, 0.717) is 28.7 Å². The van der Waals surface area contributed by atoms with Gasteiger partial charge < -0.3 is 14.7 Å². The largest absolute Gasteiger partial charge is 0.341 e. The van der Waals surface area contributed by atoms with Gasteiger partial charge in [0.05, 0.1) is 10.0 Å². The van der Waals surface area contributed by atoms with Gasteiger partial charge in [-0.15, -0.1) is 0 Å². The molecule has 0 N–H and O–H groups in total. The number of fused-ring (bicyclic) bond motifs is 2. The van der Waals surface area contributed by atoms with Gasteiger partial charge in [-0.1, -0.05) is 47.0 Å². The number of carbonyl (C=O) groups is 2. The summed E-state index contributed by atoms with van der Waals surface area (Å²) in [6.07, 6.45) is 2.55. The van der Waals surface area contributed by atoms with Gasteiger partial charge in [0.2, 0.25) is 5.91 Å². The van der Waals surface area contributed by atoms with E-state index in [2.05, 4.69) is 4.90 Å². The lowest BCUT2D eigenvalue weighted by Gasteiger charge is -2.40. The van der Waals surface area contributed by atoms with Gasteiger partial charge in [-0.3, -0.25) is 9.59 Å². The fourth-order valence-electron chi connectivity index (χ4n) is 6.43. The summed E-state index contributed by atoms with van der Waals surface area (Å²) in [5, 5.41) is 1.01. The van der Waals surface area contributed by atoms with Crippen LogP contribution in [0.25, 0.3) is 0 Å². The van der Waals surface area contributed by atoms with Crippen molar-refractivity contribution < 1.29 is 14.0 Å². The van der Waals surface area contributed by atoms with Gasteiger partial charge in [-0.05, 0) is 99.4 Å². The summed E-state index contributed by atoms with van der Waals surface area (Å²) in [4.78, 5) is 31.6. The summed E-state index contributed by atoms with van der Waals surface area (Å²) in [5.74, 6) is -0.217. The molecule has 41 heavy (non-hydrogen) atoms. The molecule has 8 heteroatoms. The van der Waals surface area contributed by atoms with Crippen LogP contribution in [0, 0.1) is 12.7 Å². The van der Waals surface area contributed by atoms with E-state index in [-0.39, 0.29) is 29.0 Å². The maximum Gasteiger partial charge on any atom is 0.253 e. The second-order valence-corrected chi connectivity index (χ2v) is 12.4. The van der Waals surface area contributed by atoms with Crippen molar-refractivity contribution in [2.24, 2.45) is 0 Å².